The largest absolute Gasteiger partial charge is 0.460 e. The molecule has 1 rings (SSSR count). The molecule has 3 nitrogen and oxygen atoms in total. The molecule has 1 atom stereocenters. The Balaban J connectivity index is 2.98. The minimum absolute atomic E-state index is 0.307. The SMILES string of the molecule is O=C(OCCC(F)C(F)(F)C(F)(F)C(F)(F)C(F)(F)C(F)(F)C(F)F)C(=O)c1ccccc1. The monoisotopic (exact) mass is 510 g/mol. The molecule has 1 unspecified atom stereocenters. The second kappa shape index (κ2) is 9.37. The Labute approximate surface area is 175 Å². The molecule has 1 aromatic carbocycles. The lowest BCUT2D eigenvalue weighted by atomic mass is 9.91. The number of halogens is 13. The fourth-order valence-corrected chi connectivity index (χ4v) is 2.16. The minimum atomic E-state index is -7.87. The van der Waals surface area contributed by atoms with Crippen LogP contribution in [0.4, 0.5) is 57.1 Å². The predicted octanol–water partition coefficient (Wildman–Crippen LogP) is 5.58. The van der Waals surface area contributed by atoms with Gasteiger partial charge in [0.1, 0.15) is 0 Å². The van der Waals surface area contributed by atoms with Crippen LogP contribution in [0.3, 0.4) is 0 Å². The van der Waals surface area contributed by atoms with E-state index in [-0.39, 0.29) is 5.56 Å². The third kappa shape index (κ3) is 4.88. The second-order valence-electron chi connectivity index (χ2n) is 6.36. The van der Waals surface area contributed by atoms with Crippen molar-refractivity contribution in [1.82, 2.24) is 0 Å². The average molecular weight is 510 g/mol. The van der Waals surface area contributed by atoms with Gasteiger partial charge in [0.05, 0.1) is 6.61 Å². The van der Waals surface area contributed by atoms with Crippen molar-refractivity contribution < 1.29 is 71.4 Å². The normalized spacial score (nSPS) is 14.8. The van der Waals surface area contributed by atoms with Crippen LogP contribution in [-0.2, 0) is 9.53 Å². The lowest BCUT2D eigenvalue weighted by Gasteiger charge is -2.39. The van der Waals surface area contributed by atoms with E-state index in [1.165, 1.54) is 18.2 Å². The van der Waals surface area contributed by atoms with Crippen molar-refractivity contribution in [1.29, 1.82) is 0 Å². The van der Waals surface area contributed by atoms with Gasteiger partial charge in [0.15, 0.2) is 6.17 Å². The van der Waals surface area contributed by atoms with Crippen LogP contribution in [0.2, 0.25) is 0 Å². The van der Waals surface area contributed by atoms with E-state index in [4.69, 9.17) is 0 Å². The zero-order chi connectivity index (χ0) is 26.0. The van der Waals surface area contributed by atoms with Crippen molar-refractivity contribution in [2.45, 2.75) is 48.6 Å². The fourth-order valence-electron chi connectivity index (χ4n) is 2.16. The number of Topliss-reactive ketones (excluding diaryl/α,β-unsaturated/α-hetero) is 1. The first-order valence-corrected chi connectivity index (χ1v) is 8.34. The summed E-state index contributed by atoms with van der Waals surface area (Å²) < 4.78 is 174. The Morgan fingerprint density at radius 1 is 0.727 bits per heavy atom. The highest BCUT2D eigenvalue weighted by Gasteiger charge is 2.88. The third-order valence-corrected chi connectivity index (χ3v) is 4.12. The highest BCUT2D eigenvalue weighted by atomic mass is 19.4. The number of hydrogen-bond donors (Lipinski definition) is 0. The molecular formula is C17H11F13O3. The van der Waals surface area contributed by atoms with Gasteiger partial charge in [0, 0.05) is 12.0 Å². The maximum absolute atomic E-state index is 13.6. The summed E-state index contributed by atoms with van der Waals surface area (Å²) in [6.45, 7) is -1.64. The number of ketones is 1. The number of hydrogen-bond acceptors (Lipinski definition) is 3. The van der Waals surface area contributed by atoms with Crippen molar-refractivity contribution in [2.75, 3.05) is 6.61 Å². The molecule has 0 fully saturated rings. The smallest absolute Gasteiger partial charge is 0.384 e. The Hall–Kier alpha value is -2.55. The second-order valence-corrected chi connectivity index (χ2v) is 6.36. The van der Waals surface area contributed by atoms with Crippen LogP contribution in [0.5, 0.6) is 0 Å². The first kappa shape index (κ1) is 28.5. The highest BCUT2D eigenvalue weighted by molar-refractivity contribution is 6.40. The van der Waals surface area contributed by atoms with E-state index in [0.717, 1.165) is 12.1 Å². The standard InChI is InChI=1S/C17H11F13O3/c18-9(6-7-33-11(32)10(31)8-4-2-1-3-5-8)13(21,22)15(25,26)17(29,30)16(27,28)14(23,24)12(19)20/h1-5,9,12H,6-7H2. The zero-order valence-electron chi connectivity index (χ0n) is 15.6. The Morgan fingerprint density at radius 2 is 1.18 bits per heavy atom. The van der Waals surface area contributed by atoms with Gasteiger partial charge in [-0.15, -0.1) is 0 Å². The third-order valence-electron chi connectivity index (χ3n) is 4.12. The summed E-state index contributed by atoms with van der Waals surface area (Å²) in [7, 11) is 0. The van der Waals surface area contributed by atoms with Gasteiger partial charge >= 0.3 is 42.0 Å². The Kier molecular flexibility index (Phi) is 8.08. The van der Waals surface area contributed by atoms with Crippen LogP contribution in [0, 0.1) is 0 Å². The molecule has 0 spiro atoms. The van der Waals surface area contributed by atoms with E-state index in [1.807, 2.05) is 0 Å². The number of carbonyl (C=O) groups is 2. The lowest BCUT2D eigenvalue weighted by Crippen LogP contribution is -2.70. The number of benzene rings is 1. The molecular weight excluding hydrogens is 499 g/mol. The van der Waals surface area contributed by atoms with Crippen LogP contribution in [0.15, 0.2) is 30.3 Å². The topological polar surface area (TPSA) is 43.4 Å². The molecule has 0 aliphatic carbocycles. The van der Waals surface area contributed by atoms with E-state index < -0.39 is 67.0 Å². The number of ether oxygens (including phenoxy) is 1. The van der Waals surface area contributed by atoms with E-state index in [0.29, 0.717) is 0 Å². The molecule has 0 heterocycles. The molecule has 0 radical (unpaired) electrons. The van der Waals surface area contributed by atoms with Gasteiger partial charge in [0.2, 0.25) is 0 Å². The van der Waals surface area contributed by atoms with E-state index >= 15 is 0 Å². The fraction of sp³-hybridized carbons (Fsp3) is 0.529. The quantitative estimate of drug-likeness (QED) is 0.169. The number of carbonyl (C=O) groups excluding carboxylic acids is 2. The van der Waals surface area contributed by atoms with Gasteiger partial charge in [-0.1, -0.05) is 30.3 Å². The van der Waals surface area contributed by atoms with Gasteiger partial charge in [-0.3, -0.25) is 4.79 Å². The van der Waals surface area contributed by atoms with Gasteiger partial charge in [0.25, 0.3) is 5.78 Å². The van der Waals surface area contributed by atoms with Crippen molar-refractivity contribution in [3.05, 3.63) is 35.9 Å². The van der Waals surface area contributed by atoms with Gasteiger partial charge < -0.3 is 4.74 Å². The average Bonchev–Trinajstić information content (AvgIpc) is 2.72. The summed E-state index contributed by atoms with van der Waals surface area (Å²) in [5.41, 5.74) is -0.307. The Bertz CT molecular complexity index is 840. The Morgan fingerprint density at radius 3 is 1.64 bits per heavy atom. The molecule has 33 heavy (non-hydrogen) atoms. The molecule has 188 valence electrons. The lowest BCUT2D eigenvalue weighted by molar-refractivity contribution is -0.417. The number of alkyl halides is 13. The predicted molar refractivity (Wildman–Crippen MR) is 82.0 cm³/mol. The summed E-state index contributed by atoms with van der Waals surface area (Å²) in [4.78, 5) is 23.0. The minimum Gasteiger partial charge on any atom is -0.460 e. The van der Waals surface area contributed by atoms with Crippen LogP contribution in [0.1, 0.15) is 16.8 Å². The van der Waals surface area contributed by atoms with E-state index in [9.17, 15) is 66.7 Å². The molecule has 0 aromatic heterocycles. The van der Waals surface area contributed by atoms with Crippen molar-refractivity contribution in [3.8, 4) is 0 Å². The molecule has 1 aromatic rings. The molecule has 0 bridgehead atoms. The van der Waals surface area contributed by atoms with Crippen LogP contribution in [0.25, 0.3) is 0 Å². The molecule has 0 N–H and O–H groups in total. The van der Waals surface area contributed by atoms with Gasteiger partial charge in [-0.2, -0.15) is 43.9 Å². The van der Waals surface area contributed by atoms with Crippen LogP contribution in [-0.4, -0.2) is 60.6 Å². The van der Waals surface area contributed by atoms with Gasteiger partial charge in [-0.05, 0) is 0 Å². The molecule has 16 heteroatoms. The van der Waals surface area contributed by atoms with E-state index in [1.54, 1.807) is 0 Å². The molecule has 0 saturated heterocycles. The number of esters is 1. The summed E-state index contributed by atoms with van der Waals surface area (Å²) in [6.07, 6.45) is -12.3. The maximum Gasteiger partial charge on any atom is 0.384 e. The van der Waals surface area contributed by atoms with Crippen molar-refractivity contribution in [3.63, 3.8) is 0 Å². The molecule has 0 saturated carbocycles. The van der Waals surface area contributed by atoms with E-state index in [2.05, 4.69) is 4.74 Å². The zero-order valence-corrected chi connectivity index (χ0v) is 15.6. The molecule has 0 amide bonds. The number of rotatable bonds is 11. The molecule has 0 aliphatic heterocycles. The highest BCUT2D eigenvalue weighted by Crippen LogP contribution is 2.59. The maximum atomic E-state index is 13.6. The first-order valence-electron chi connectivity index (χ1n) is 8.34. The van der Waals surface area contributed by atoms with Crippen LogP contribution >= 0.6 is 0 Å². The summed E-state index contributed by atoms with van der Waals surface area (Å²) >= 11 is 0. The summed E-state index contributed by atoms with van der Waals surface area (Å²) in [6, 6.07) is 6.11. The van der Waals surface area contributed by atoms with Crippen LogP contribution < -0.4 is 0 Å². The van der Waals surface area contributed by atoms with Crippen molar-refractivity contribution >= 4 is 11.8 Å². The summed E-state index contributed by atoms with van der Waals surface area (Å²) in [5.74, 6) is -40.5. The molecule has 0 aliphatic rings. The van der Waals surface area contributed by atoms with Crippen molar-refractivity contribution in [2.24, 2.45) is 0 Å². The van der Waals surface area contributed by atoms with Gasteiger partial charge in [-0.25, -0.2) is 18.0 Å². The summed E-state index contributed by atoms with van der Waals surface area (Å²) in [5, 5.41) is 0. The first-order chi connectivity index (χ1) is 14.8.